The summed E-state index contributed by atoms with van der Waals surface area (Å²) in [6.07, 6.45) is 5.42. The zero-order valence-corrected chi connectivity index (χ0v) is 49.4. The molecule has 9 rings (SSSR count). The van der Waals surface area contributed by atoms with Gasteiger partial charge in [0, 0.05) is 63.6 Å². The number of piperazine rings is 1. The number of carboxylic acids is 1. The number of unbranched alkanes of at least 4 members (excludes halogenated alkanes) is 3. The van der Waals surface area contributed by atoms with Crippen LogP contribution in [0, 0.1) is 6.92 Å². The number of anilines is 5. The lowest BCUT2D eigenvalue weighted by Gasteiger charge is -2.42. The maximum atomic E-state index is 13.0. The number of carbonyl (C=O) groups excluding carboxylic acids is 1. The van der Waals surface area contributed by atoms with Crippen LogP contribution in [0.1, 0.15) is 86.6 Å². The number of halogens is 1. The minimum Gasteiger partial charge on any atom is -0.494 e. The normalized spacial score (nSPS) is 16.5. The van der Waals surface area contributed by atoms with Crippen molar-refractivity contribution in [3.8, 4) is 11.5 Å². The van der Waals surface area contributed by atoms with Crippen LogP contribution < -0.4 is 30.3 Å². The van der Waals surface area contributed by atoms with E-state index in [2.05, 4.69) is 46.0 Å². The largest absolute Gasteiger partial charge is 0.494 e. The van der Waals surface area contributed by atoms with Crippen LogP contribution in [0.25, 0.3) is 11.0 Å². The first-order valence-electron chi connectivity index (χ1n) is 27.5. The number of carboxylic acid groups (broad SMARTS) is 1. The summed E-state index contributed by atoms with van der Waals surface area (Å²) in [5.74, 6) is 0.0641. The van der Waals surface area contributed by atoms with Gasteiger partial charge >= 0.3 is 5.97 Å². The zero-order valence-electron chi connectivity index (χ0n) is 47.0. The third-order valence-corrected chi connectivity index (χ3v) is 19.4. The average Bonchev–Trinajstić information content (AvgIpc) is 3.84. The number of hydrogen-bond acceptors (Lipinski definition) is 17. The molecule has 1 amide bonds. The van der Waals surface area contributed by atoms with Crippen molar-refractivity contribution in [2.24, 2.45) is 7.05 Å². The Morgan fingerprint density at radius 2 is 1.67 bits per heavy atom. The number of para-hydroxylation sites is 1. The van der Waals surface area contributed by atoms with E-state index in [1.807, 2.05) is 80.6 Å². The molecule has 23 heteroatoms. The van der Waals surface area contributed by atoms with E-state index in [0.29, 0.717) is 46.2 Å². The lowest BCUT2D eigenvalue weighted by molar-refractivity contribution is -0.137. The van der Waals surface area contributed by atoms with Gasteiger partial charge in [-0.2, -0.15) is 9.29 Å². The van der Waals surface area contributed by atoms with Gasteiger partial charge in [0.1, 0.15) is 38.6 Å². The van der Waals surface area contributed by atoms with Gasteiger partial charge in [-0.3, -0.25) is 23.6 Å². The second-order valence-electron chi connectivity index (χ2n) is 21.2. The highest BCUT2D eigenvalue weighted by Gasteiger charge is 2.35. The highest BCUT2D eigenvalue weighted by Crippen LogP contribution is 2.58. The summed E-state index contributed by atoms with van der Waals surface area (Å²) in [6, 6.07) is 29.7. The van der Waals surface area contributed by atoms with Crippen LogP contribution in [-0.4, -0.2) is 133 Å². The molecule has 2 unspecified atom stereocenters. The van der Waals surface area contributed by atoms with Crippen molar-refractivity contribution < 1.29 is 41.7 Å². The summed E-state index contributed by atoms with van der Waals surface area (Å²) in [5.41, 5.74) is 7.77. The molecule has 0 aliphatic carbocycles. The van der Waals surface area contributed by atoms with Crippen LogP contribution >= 0.6 is 22.4 Å². The fourth-order valence-electron chi connectivity index (χ4n) is 10.4. The summed E-state index contributed by atoms with van der Waals surface area (Å²) in [4.78, 5) is 39.0. The molecular formula is C59H72ClN11O9S2. The number of aromatic nitrogens is 5. The second-order valence-corrected chi connectivity index (χ2v) is 26.1. The molecule has 0 bridgehead atoms. The predicted molar refractivity (Wildman–Crippen MR) is 321 cm³/mol. The molecule has 1 saturated heterocycles. The minimum atomic E-state index is -3.56. The Labute approximate surface area is 485 Å². The third-order valence-electron chi connectivity index (χ3n) is 15.0. The van der Waals surface area contributed by atoms with Crippen LogP contribution in [-0.2, 0) is 39.4 Å². The van der Waals surface area contributed by atoms with Crippen LogP contribution in [0.4, 0.5) is 28.8 Å². The van der Waals surface area contributed by atoms with Crippen LogP contribution in [0.15, 0.2) is 113 Å². The maximum absolute atomic E-state index is 13.0. The van der Waals surface area contributed by atoms with Crippen molar-refractivity contribution in [2.75, 3.05) is 68.5 Å². The monoisotopic (exact) mass is 1180 g/mol. The van der Waals surface area contributed by atoms with E-state index < -0.39 is 37.8 Å². The number of aliphatic carboxylic acids is 1. The molecule has 2 aliphatic heterocycles. The fourth-order valence-corrected chi connectivity index (χ4v) is 13.4. The molecule has 4 heterocycles. The summed E-state index contributed by atoms with van der Waals surface area (Å²) < 4.78 is 65.3. The molecular weight excluding hydrogens is 1110 g/mol. The number of nitrogens with one attached hydrogen (secondary N) is 3. The Bertz CT molecular complexity index is 3520. The molecule has 2 atom stereocenters. The number of nitrogens with zero attached hydrogens (tertiary/aromatic N) is 8. The van der Waals surface area contributed by atoms with Gasteiger partial charge in [0.15, 0.2) is 15.7 Å². The number of carbonyl (C=O) groups is 2. The van der Waals surface area contributed by atoms with E-state index in [1.54, 1.807) is 67.3 Å². The van der Waals surface area contributed by atoms with E-state index in [9.17, 15) is 32.2 Å². The summed E-state index contributed by atoms with van der Waals surface area (Å²) >= 11 is 6.44. The molecule has 82 heavy (non-hydrogen) atoms. The first-order chi connectivity index (χ1) is 39.3. The number of amides is 1. The molecule has 0 radical (unpaired) electrons. The summed E-state index contributed by atoms with van der Waals surface area (Å²) in [6.45, 7) is 11.6. The fraction of sp³-hybridized carbons (Fsp3) is 0.390. The van der Waals surface area contributed by atoms with Crippen molar-refractivity contribution in [3.05, 3.63) is 136 Å². The smallest absolute Gasteiger partial charge is 0.304 e. The number of benzene rings is 5. The number of rotatable bonds is 23. The molecule has 2 aromatic heterocycles. The van der Waals surface area contributed by atoms with Crippen molar-refractivity contribution in [2.45, 2.75) is 99.8 Å². The molecule has 5 aromatic carbocycles. The van der Waals surface area contributed by atoms with Gasteiger partial charge in [-0.15, -0.1) is 15.9 Å². The summed E-state index contributed by atoms with van der Waals surface area (Å²) in [7, 11) is -3.72. The number of ether oxygens (including phenoxy) is 2. The molecule has 20 nitrogen and oxygen atoms in total. The van der Waals surface area contributed by atoms with E-state index in [0.717, 1.165) is 97.5 Å². The van der Waals surface area contributed by atoms with Gasteiger partial charge in [-0.25, -0.2) is 18.1 Å². The van der Waals surface area contributed by atoms with Gasteiger partial charge in [-0.05, 0) is 135 Å². The van der Waals surface area contributed by atoms with Crippen molar-refractivity contribution >= 4 is 84.0 Å². The molecule has 2 aliphatic rings. The van der Waals surface area contributed by atoms with Gasteiger partial charge < -0.3 is 35.4 Å². The molecule has 0 spiro atoms. The van der Waals surface area contributed by atoms with E-state index in [-0.39, 0.29) is 53.2 Å². The van der Waals surface area contributed by atoms with Gasteiger partial charge in [0.2, 0.25) is 11.9 Å². The van der Waals surface area contributed by atoms with E-state index >= 15 is 0 Å². The van der Waals surface area contributed by atoms with Crippen molar-refractivity contribution in [1.82, 2.24) is 39.5 Å². The Hall–Kier alpha value is -7.05. The molecule has 0 saturated carbocycles. The van der Waals surface area contributed by atoms with Gasteiger partial charge in [0.05, 0.1) is 48.6 Å². The van der Waals surface area contributed by atoms with Gasteiger partial charge in [0.25, 0.3) is 0 Å². The van der Waals surface area contributed by atoms with Gasteiger partial charge in [-0.1, -0.05) is 66.1 Å². The van der Waals surface area contributed by atoms with Crippen molar-refractivity contribution in [1.29, 1.82) is 0 Å². The maximum Gasteiger partial charge on any atom is 0.304 e. The van der Waals surface area contributed by atoms with Crippen molar-refractivity contribution in [3.63, 3.8) is 0 Å². The second kappa shape index (κ2) is 26.0. The Morgan fingerprint density at radius 1 is 0.915 bits per heavy atom. The molecule has 7 aromatic rings. The topological polar surface area (TPSA) is 250 Å². The Balaban J connectivity index is 0.700. The van der Waals surface area contributed by atoms with Crippen LogP contribution in [0.3, 0.4) is 0 Å². The highest BCUT2D eigenvalue weighted by molar-refractivity contribution is 8.22. The summed E-state index contributed by atoms with van der Waals surface area (Å²) in [5, 5.41) is 27.5. The standard InChI is InChI=1S/C59H72ClN11O9S2/c1-38(2)81(75,76)53-15-11-10-14-49(53)64-58-48(60)34-62-59(65-58)63-45-19-21-46(22-20-45)70-27-25-69(26-28-70)37-55(72)61-24-12-8-7-9-13-41-17-23-54-51(29-41)80-40(4)35-71(82(54,77)78)36-44-30-42(18-16-39(44)3)47(33-56(73)74)43-31-50-57(52(32-43)79-6)68(5)67-66-50/h10-11,14-23,29-32,34,38,40,47,77-78H,7-9,12-13,24-28,33,35-37H2,1-6H3,(H,61,72)(H,73,74)(H2,62,63,64,65). The predicted octanol–water partition coefficient (Wildman–Crippen LogP) is 10.4. The van der Waals surface area contributed by atoms with E-state index in [4.69, 9.17) is 21.1 Å². The number of aryl methyl sites for hydroxylation is 3. The molecule has 1 fully saturated rings. The number of sulfone groups is 1. The first-order valence-corrected chi connectivity index (χ1v) is 30.9. The van der Waals surface area contributed by atoms with Crippen LogP contribution in [0.5, 0.6) is 11.5 Å². The SMILES string of the molecule is COc1cc(C(CC(=O)O)c2ccc(C)c(CN3CC(C)Oc4cc(CCCCCCNC(=O)CN5CCN(c6ccc(Nc7ncc(Cl)c(Nc8ccccc8S(=O)(=O)C(C)C)n7)cc6)CC5)ccc4S3(O)O)c2)cc2nnn(C)c12. The number of hydrogen-bond donors (Lipinski definition) is 6. The lowest BCUT2D eigenvalue weighted by Crippen LogP contribution is -2.49. The third kappa shape index (κ3) is 14.0. The Morgan fingerprint density at radius 3 is 2.41 bits per heavy atom. The quantitative estimate of drug-likeness (QED) is 0.0326. The average molecular weight is 1180 g/mol. The molecule has 436 valence electrons. The first kappa shape index (κ1) is 59.6. The van der Waals surface area contributed by atoms with Crippen LogP contribution in [0.2, 0.25) is 5.02 Å². The highest BCUT2D eigenvalue weighted by atomic mass is 35.5. The zero-order chi connectivity index (χ0) is 58.3. The Kier molecular flexibility index (Phi) is 18.9. The number of fused-ring (bicyclic) bond motifs is 2. The molecule has 6 N–H and O–H groups in total. The lowest BCUT2D eigenvalue weighted by atomic mass is 9.86. The minimum absolute atomic E-state index is 0.0164. The number of methoxy groups -OCH3 is 1. The van der Waals surface area contributed by atoms with E-state index in [1.165, 1.54) is 6.20 Å².